The van der Waals surface area contributed by atoms with E-state index >= 15 is 0 Å². The molecule has 1 unspecified atom stereocenters. The number of rotatable bonds is 8. The highest BCUT2D eigenvalue weighted by Gasteiger charge is 2.57. The highest BCUT2D eigenvalue weighted by molar-refractivity contribution is 5.15. The van der Waals surface area contributed by atoms with E-state index in [0.29, 0.717) is 0 Å². The Labute approximate surface area is 158 Å². The molecule has 1 heterocycles. The van der Waals surface area contributed by atoms with Gasteiger partial charge >= 0.3 is 0 Å². The summed E-state index contributed by atoms with van der Waals surface area (Å²) in [6.07, 6.45) is -4.07. The van der Waals surface area contributed by atoms with Crippen LogP contribution < -0.4 is 0 Å². The summed E-state index contributed by atoms with van der Waals surface area (Å²) in [4.78, 5) is 0. The maximum Gasteiger partial charge on any atom is 0.184 e. The average Bonchev–Trinajstić information content (AvgIpc) is 2.95. The Kier molecular flexibility index (Phi) is 6.59. The zero-order valence-electron chi connectivity index (χ0n) is 15.3. The topological polar surface area (TPSA) is 88.4 Å². The maximum absolute atomic E-state index is 10.4. The molecule has 5 atom stereocenters. The van der Waals surface area contributed by atoms with Crippen LogP contribution in [0.15, 0.2) is 60.7 Å². The van der Waals surface area contributed by atoms with Gasteiger partial charge in [0.05, 0.1) is 19.8 Å². The molecule has 6 heteroatoms. The molecule has 27 heavy (non-hydrogen) atoms. The van der Waals surface area contributed by atoms with E-state index in [-0.39, 0.29) is 13.2 Å². The second-order valence-electron chi connectivity index (χ2n) is 6.87. The largest absolute Gasteiger partial charge is 0.394 e. The predicted octanol–water partition coefficient (Wildman–Crippen LogP) is 1.62. The fraction of sp³-hybridized carbons (Fsp3) is 0.429. The van der Waals surface area contributed by atoms with Crippen LogP contribution in [0.5, 0.6) is 0 Å². The summed E-state index contributed by atoms with van der Waals surface area (Å²) in [5, 5.41) is 30.1. The molecule has 0 saturated carbocycles. The van der Waals surface area contributed by atoms with Gasteiger partial charge in [-0.25, -0.2) is 0 Å². The van der Waals surface area contributed by atoms with Crippen LogP contribution in [-0.2, 0) is 27.4 Å². The summed E-state index contributed by atoms with van der Waals surface area (Å²) in [6, 6.07) is 19.1. The molecule has 0 spiro atoms. The first kappa shape index (κ1) is 19.9. The molecular formula is C21H26O6. The lowest BCUT2D eigenvalue weighted by molar-refractivity contribution is -0.201. The molecular weight excluding hydrogens is 348 g/mol. The summed E-state index contributed by atoms with van der Waals surface area (Å²) in [5.41, 5.74) is 0.592. The molecule has 6 nitrogen and oxygen atoms in total. The van der Waals surface area contributed by atoms with Gasteiger partial charge in [0.15, 0.2) is 6.29 Å². The van der Waals surface area contributed by atoms with E-state index in [4.69, 9.17) is 14.2 Å². The first-order valence-corrected chi connectivity index (χ1v) is 9.00. The normalized spacial score (nSPS) is 29.0. The van der Waals surface area contributed by atoms with Crippen LogP contribution >= 0.6 is 0 Å². The van der Waals surface area contributed by atoms with Gasteiger partial charge in [0.25, 0.3) is 0 Å². The third kappa shape index (κ3) is 4.55. The second kappa shape index (κ2) is 8.93. The van der Waals surface area contributed by atoms with E-state index in [0.717, 1.165) is 11.1 Å². The van der Waals surface area contributed by atoms with E-state index in [1.165, 1.54) is 0 Å². The highest BCUT2D eigenvalue weighted by atomic mass is 16.7. The molecule has 1 fully saturated rings. The van der Waals surface area contributed by atoms with Gasteiger partial charge in [0.2, 0.25) is 0 Å². The van der Waals surface area contributed by atoms with Crippen molar-refractivity contribution in [1.82, 2.24) is 0 Å². The van der Waals surface area contributed by atoms with Crippen molar-refractivity contribution in [1.29, 1.82) is 0 Å². The zero-order chi connectivity index (χ0) is 19.3. The zero-order valence-corrected chi connectivity index (χ0v) is 15.3. The van der Waals surface area contributed by atoms with E-state index in [1.54, 1.807) is 6.92 Å². The molecule has 0 amide bonds. The number of ether oxygens (including phenoxy) is 3. The Hall–Kier alpha value is -1.80. The molecule has 2 aromatic carbocycles. The van der Waals surface area contributed by atoms with E-state index in [1.807, 2.05) is 60.7 Å². The molecule has 146 valence electrons. The van der Waals surface area contributed by atoms with Gasteiger partial charge in [0, 0.05) is 0 Å². The Morgan fingerprint density at radius 1 is 0.963 bits per heavy atom. The van der Waals surface area contributed by atoms with Gasteiger partial charge in [0.1, 0.15) is 23.9 Å². The lowest BCUT2D eigenvalue weighted by Crippen LogP contribution is -2.53. The monoisotopic (exact) mass is 374 g/mol. The van der Waals surface area contributed by atoms with E-state index in [2.05, 4.69) is 0 Å². The summed E-state index contributed by atoms with van der Waals surface area (Å²) in [5.74, 6) is 0. The lowest BCUT2D eigenvalue weighted by Gasteiger charge is -2.34. The van der Waals surface area contributed by atoms with Crippen LogP contribution in [0, 0.1) is 0 Å². The SMILES string of the molecule is C[C@@]1([C@H](O)CO)OC(O)[C@H](OCc2ccccc2)[C@H]1OCc1ccccc1. The van der Waals surface area contributed by atoms with Crippen molar-refractivity contribution in [3.8, 4) is 0 Å². The number of benzene rings is 2. The van der Waals surface area contributed by atoms with Crippen molar-refractivity contribution < 1.29 is 29.5 Å². The summed E-state index contributed by atoms with van der Waals surface area (Å²) in [7, 11) is 0. The standard InChI is InChI=1S/C21H26O6/c1-21(17(23)12-22)19(26-14-16-10-6-3-7-11-16)18(20(24)27-21)25-13-15-8-4-2-5-9-15/h2-11,17-20,22-24H,12-14H2,1H3/t17-,18-,19-,20?,21+/m1/s1. The molecule has 0 bridgehead atoms. The van der Waals surface area contributed by atoms with E-state index < -0.39 is 36.8 Å². The molecule has 1 saturated heterocycles. The number of hydrogen-bond donors (Lipinski definition) is 3. The highest BCUT2D eigenvalue weighted by Crippen LogP contribution is 2.37. The van der Waals surface area contributed by atoms with Crippen LogP contribution in [0.25, 0.3) is 0 Å². The number of hydrogen-bond acceptors (Lipinski definition) is 6. The molecule has 1 aliphatic rings. The van der Waals surface area contributed by atoms with Crippen molar-refractivity contribution >= 4 is 0 Å². The lowest BCUT2D eigenvalue weighted by atomic mass is 9.91. The Bertz CT molecular complexity index is 694. The first-order valence-electron chi connectivity index (χ1n) is 9.00. The fourth-order valence-corrected chi connectivity index (χ4v) is 3.28. The van der Waals surface area contributed by atoms with Crippen LogP contribution in [-0.4, -0.2) is 52.1 Å². The smallest absolute Gasteiger partial charge is 0.184 e. The van der Waals surface area contributed by atoms with Gasteiger partial charge in [-0.05, 0) is 18.1 Å². The summed E-state index contributed by atoms with van der Waals surface area (Å²) in [6.45, 7) is 1.63. The predicted molar refractivity (Wildman–Crippen MR) is 98.6 cm³/mol. The van der Waals surface area contributed by atoms with Crippen molar-refractivity contribution in [3.63, 3.8) is 0 Å². The third-order valence-corrected chi connectivity index (χ3v) is 4.91. The average molecular weight is 374 g/mol. The Balaban J connectivity index is 1.76. The van der Waals surface area contributed by atoms with Crippen LogP contribution in [0.1, 0.15) is 18.1 Å². The molecule has 0 aliphatic carbocycles. The van der Waals surface area contributed by atoms with Crippen molar-refractivity contribution in [2.24, 2.45) is 0 Å². The molecule has 1 aliphatic heterocycles. The number of aliphatic hydroxyl groups is 3. The van der Waals surface area contributed by atoms with Gasteiger partial charge in [-0.2, -0.15) is 0 Å². The van der Waals surface area contributed by atoms with E-state index in [9.17, 15) is 15.3 Å². The quantitative estimate of drug-likeness (QED) is 0.651. The van der Waals surface area contributed by atoms with Crippen molar-refractivity contribution in [2.75, 3.05) is 6.61 Å². The Morgan fingerprint density at radius 3 is 2.00 bits per heavy atom. The van der Waals surface area contributed by atoms with Crippen molar-refractivity contribution in [2.45, 2.75) is 50.3 Å². The van der Waals surface area contributed by atoms with Crippen LogP contribution in [0.3, 0.4) is 0 Å². The van der Waals surface area contributed by atoms with Gasteiger partial charge < -0.3 is 29.5 Å². The fourth-order valence-electron chi connectivity index (χ4n) is 3.28. The molecule has 0 radical (unpaired) electrons. The maximum atomic E-state index is 10.4. The molecule has 3 N–H and O–H groups in total. The van der Waals surface area contributed by atoms with Crippen LogP contribution in [0.4, 0.5) is 0 Å². The minimum atomic E-state index is -1.30. The molecule has 3 rings (SSSR count). The van der Waals surface area contributed by atoms with Crippen LogP contribution in [0.2, 0.25) is 0 Å². The first-order chi connectivity index (χ1) is 13.0. The van der Waals surface area contributed by atoms with Gasteiger partial charge in [-0.3, -0.25) is 0 Å². The summed E-state index contributed by atoms with van der Waals surface area (Å²) < 4.78 is 17.5. The second-order valence-corrected chi connectivity index (χ2v) is 6.87. The van der Waals surface area contributed by atoms with Crippen molar-refractivity contribution in [3.05, 3.63) is 71.8 Å². The third-order valence-electron chi connectivity index (χ3n) is 4.91. The molecule has 0 aromatic heterocycles. The van der Waals surface area contributed by atoms with Gasteiger partial charge in [-0.15, -0.1) is 0 Å². The number of aliphatic hydroxyl groups excluding tert-OH is 3. The minimum absolute atomic E-state index is 0.264. The van der Waals surface area contributed by atoms with Gasteiger partial charge in [-0.1, -0.05) is 60.7 Å². The Morgan fingerprint density at radius 2 is 1.48 bits per heavy atom. The summed E-state index contributed by atoms with van der Waals surface area (Å²) >= 11 is 0. The molecule has 2 aromatic rings. The minimum Gasteiger partial charge on any atom is -0.394 e.